The quantitative estimate of drug-likeness (QED) is 0.618. The zero-order valence-corrected chi connectivity index (χ0v) is 8.50. The fourth-order valence-corrected chi connectivity index (χ4v) is 1.09. The average molecular weight is 217 g/mol. The van der Waals surface area contributed by atoms with E-state index in [0.717, 1.165) is 18.4 Å². The van der Waals surface area contributed by atoms with Crippen LogP contribution in [-0.2, 0) is 6.42 Å². The van der Waals surface area contributed by atoms with Crippen molar-refractivity contribution in [3.05, 3.63) is 39.9 Å². The van der Waals surface area contributed by atoms with Gasteiger partial charge in [0, 0.05) is 12.1 Å². The van der Waals surface area contributed by atoms with E-state index in [1.165, 1.54) is 12.1 Å². The molecule has 0 saturated carbocycles. The first-order valence-corrected chi connectivity index (χ1v) is 4.17. The summed E-state index contributed by atoms with van der Waals surface area (Å²) in [6.45, 7) is 0.650. The number of non-ortho nitro benzene ring substituents is 1. The number of aryl methyl sites for hydroxylation is 1. The number of nitrogens with two attached hydrogens (primary N) is 1. The van der Waals surface area contributed by atoms with Crippen LogP contribution in [0.15, 0.2) is 24.3 Å². The summed E-state index contributed by atoms with van der Waals surface area (Å²) in [5.74, 6) is 0. The SMILES string of the molecule is Cl.NCCCc1ccc([N+](=O)[O-])cc1. The Hall–Kier alpha value is -1.13. The lowest BCUT2D eigenvalue weighted by Gasteiger charge is -1.98. The number of rotatable bonds is 4. The van der Waals surface area contributed by atoms with E-state index < -0.39 is 4.92 Å². The summed E-state index contributed by atoms with van der Waals surface area (Å²) in [4.78, 5) is 9.92. The molecule has 0 aromatic heterocycles. The molecule has 5 heteroatoms. The van der Waals surface area contributed by atoms with E-state index in [-0.39, 0.29) is 18.1 Å². The van der Waals surface area contributed by atoms with Crippen molar-refractivity contribution >= 4 is 18.1 Å². The third-order valence-electron chi connectivity index (χ3n) is 1.82. The second-order valence-corrected chi connectivity index (χ2v) is 2.82. The molecule has 0 saturated heterocycles. The number of nitrogens with zero attached hydrogens (tertiary/aromatic N) is 1. The summed E-state index contributed by atoms with van der Waals surface area (Å²) in [6, 6.07) is 6.58. The summed E-state index contributed by atoms with van der Waals surface area (Å²) >= 11 is 0. The Morgan fingerprint density at radius 2 is 1.86 bits per heavy atom. The fraction of sp³-hybridized carbons (Fsp3) is 0.333. The van der Waals surface area contributed by atoms with Crippen molar-refractivity contribution in [2.75, 3.05) is 6.54 Å². The maximum absolute atomic E-state index is 10.3. The van der Waals surface area contributed by atoms with Crippen LogP contribution >= 0.6 is 12.4 Å². The molecule has 0 bridgehead atoms. The van der Waals surface area contributed by atoms with Gasteiger partial charge in [-0.05, 0) is 24.9 Å². The average Bonchev–Trinajstić information content (AvgIpc) is 2.15. The molecule has 4 nitrogen and oxygen atoms in total. The minimum Gasteiger partial charge on any atom is -0.330 e. The standard InChI is InChI=1S/C9H12N2O2.ClH/c10-7-1-2-8-3-5-9(6-4-8)11(12)13;/h3-6H,1-2,7,10H2;1H. The van der Waals surface area contributed by atoms with Crippen LogP contribution < -0.4 is 5.73 Å². The number of hydrogen-bond donors (Lipinski definition) is 1. The van der Waals surface area contributed by atoms with Crippen LogP contribution in [0.25, 0.3) is 0 Å². The molecule has 1 aromatic carbocycles. The second-order valence-electron chi connectivity index (χ2n) is 2.82. The van der Waals surface area contributed by atoms with Crippen LogP contribution in [-0.4, -0.2) is 11.5 Å². The highest BCUT2D eigenvalue weighted by atomic mass is 35.5. The van der Waals surface area contributed by atoms with Crippen molar-refractivity contribution in [1.29, 1.82) is 0 Å². The summed E-state index contributed by atoms with van der Waals surface area (Å²) < 4.78 is 0. The molecule has 0 fully saturated rings. The summed E-state index contributed by atoms with van der Waals surface area (Å²) in [6.07, 6.45) is 1.80. The zero-order chi connectivity index (χ0) is 9.68. The normalized spacial score (nSPS) is 9.21. The molecular formula is C9H13ClN2O2. The highest BCUT2D eigenvalue weighted by molar-refractivity contribution is 5.85. The number of benzene rings is 1. The van der Waals surface area contributed by atoms with Crippen molar-refractivity contribution in [3.63, 3.8) is 0 Å². The van der Waals surface area contributed by atoms with Gasteiger partial charge in [0.05, 0.1) is 4.92 Å². The molecule has 0 aliphatic rings. The van der Waals surface area contributed by atoms with E-state index in [0.29, 0.717) is 6.54 Å². The van der Waals surface area contributed by atoms with Gasteiger partial charge in [0.25, 0.3) is 5.69 Å². The molecule has 0 radical (unpaired) electrons. The van der Waals surface area contributed by atoms with E-state index in [1.807, 2.05) is 0 Å². The molecule has 1 rings (SSSR count). The molecule has 1 aromatic rings. The van der Waals surface area contributed by atoms with Crippen LogP contribution in [0.3, 0.4) is 0 Å². The van der Waals surface area contributed by atoms with Gasteiger partial charge in [0.2, 0.25) is 0 Å². The molecular weight excluding hydrogens is 204 g/mol. The van der Waals surface area contributed by atoms with Gasteiger partial charge in [-0.1, -0.05) is 12.1 Å². The Morgan fingerprint density at radius 3 is 2.29 bits per heavy atom. The molecule has 0 atom stereocenters. The topological polar surface area (TPSA) is 69.2 Å². The van der Waals surface area contributed by atoms with Gasteiger partial charge in [0.1, 0.15) is 0 Å². The van der Waals surface area contributed by atoms with Gasteiger partial charge in [-0.15, -0.1) is 12.4 Å². The van der Waals surface area contributed by atoms with Crippen LogP contribution in [0.1, 0.15) is 12.0 Å². The predicted octanol–water partition coefficient (Wildman–Crippen LogP) is 1.91. The van der Waals surface area contributed by atoms with E-state index >= 15 is 0 Å². The van der Waals surface area contributed by atoms with Crippen molar-refractivity contribution < 1.29 is 4.92 Å². The van der Waals surface area contributed by atoms with Gasteiger partial charge in [-0.25, -0.2) is 0 Å². The highest BCUT2D eigenvalue weighted by Gasteiger charge is 2.02. The summed E-state index contributed by atoms with van der Waals surface area (Å²) in [7, 11) is 0. The zero-order valence-electron chi connectivity index (χ0n) is 7.68. The Morgan fingerprint density at radius 1 is 1.29 bits per heavy atom. The van der Waals surface area contributed by atoms with E-state index in [4.69, 9.17) is 5.73 Å². The first-order valence-electron chi connectivity index (χ1n) is 4.17. The summed E-state index contributed by atoms with van der Waals surface area (Å²) in [5.41, 5.74) is 6.58. The molecule has 0 amide bonds. The minimum atomic E-state index is -0.396. The van der Waals surface area contributed by atoms with Crippen molar-refractivity contribution in [1.82, 2.24) is 0 Å². The number of halogens is 1. The molecule has 0 spiro atoms. The molecule has 0 aliphatic heterocycles. The fourth-order valence-electron chi connectivity index (χ4n) is 1.09. The Bertz CT molecular complexity index is 287. The van der Waals surface area contributed by atoms with Crippen molar-refractivity contribution in [2.45, 2.75) is 12.8 Å². The third kappa shape index (κ3) is 3.72. The highest BCUT2D eigenvalue weighted by Crippen LogP contribution is 2.12. The lowest BCUT2D eigenvalue weighted by Crippen LogP contribution is -2.00. The Kier molecular flexibility index (Phi) is 5.83. The van der Waals surface area contributed by atoms with Gasteiger partial charge in [0.15, 0.2) is 0 Å². The van der Waals surface area contributed by atoms with Gasteiger partial charge in [-0.3, -0.25) is 10.1 Å². The molecule has 0 heterocycles. The molecule has 2 N–H and O–H groups in total. The minimum absolute atomic E-state index is 0. The molecule has 78 valence electrons. The second kappa shape index (κ2) is 6.34. The third-order valence-corrected chi connectivity index (χ3v) is 1.82. The van der Waals surface area contributed by atoms with Crippen LogP contribution in [0.2, 0.25) is 0 Å². The van der Waals surface area contributed by atoms with Crippen molar-refractivity contribution in [2.24, 2.45) is 5.73 Å². The monoisotopic (exact) mass is 216 g/mol. The van der Waals surface area contributed by atoms with Gasteiger partial charge in [-0.2, -0.15) is 0 Å². The van der Waals surface area contributed by atoms with E-state index in [1.54, 1.807) is 12.1 Å². The number of hydrogen-bond acceptors (Lipinski definition) is 3. The van der Waals surface area contributed by atoms with Crippen LogP contribution in [0, 0.1) is 10.1 Å². The van der Waals surface area contributed by atoms with E-state index in [9.17, 15) is 10.1 Å². The Labute approximate surface area is 88.7 Å². The van der Waals surface area contributed by atoms with E-state index in [2.05, 4.69) is 0 Å². The first-order chi connectivity index (χ1) is 6.24. The van der Waals surface area contributed by atoms with Crippen LogP contribution in [0.4, 0.5) is 5.69 Å². The van der Waals surface area contributed by atoms with Crippen molar-refractivity contribution in [3.8, 4) is 0 Å². The predicted molar refractivity (Wildman–Crippen MR) is 57.7 cm³/mol. The number of nitro groups is 1. The Balaban J connectivity index is 0.00000169. The largest absolute Gasteiger partial charge is 0.330 e. The smallest absolute Gasteiger partial charge is 0.269 e. The van der Waals surface area contributed by atoms with Gasteiger partial charge >= 0.3 is 0 Å². The molecule has 14 heavy (non-hydrogen) atoms. The number of nitro benzene ring substituents is 1. The lowest BCUT2D eigenvalue weighted by molar-refractivity contribution is -0.384. The van der Waals surface area contributed by atoms with Crippen LogP contribution in [0.5, 0.6) is 0 Å². The maximum atomic E-state index is 10.3. The molecule has 0 aliphatic carbocycles. The lowest BCUT2D eigenvalue weighted by atomic mass is 10.1. The maximum Gasteiger partial charge on any atom is 0.269 e. The first kappa shape index (κ1) is 12.9. The molecule has 0 unspecified atom stereocenters. The summed E-state index contributed by atoms with van der Waals surface area (Å²) in [5, 5.41) is 10.3. The van der Waals surface area contributed by atoms with Gasteiger partial charge < -0.3 is 5.73 Å².